The molecule has 0 heterocycles. The zero-order valence-corrected chi connectivity index (χ0v) is 9.06. The molecule has 0 aromatic heterocycles. The van der Waals surface area contributed by atoms with Gasteiger partial charge in [-0.15, -0.1) is 0 Å². The summed E-state index contributed by atoms with van der Waals surface area (Å²) in [5.41, 5.74) is 2.38. The maximum atomic E-state index is 10.6. The number of benzene rings is 1. The molecule has 0 saturated heterocycles. The van der Waals surface area contributed by atoms with E-state index in [1.807, 2.05) is 24.3 Å². The molecule has 3 heteroatoms. The Labute approximate surface area is 89.6 Å². The molecular weight excluding hydrogens is 190 g/mol. The van der Waals surface area contributed by atoms with Gasteiger partial charge in [-0.25, -0.2) is 0 Å². The van der Waals surface area contributed by atoms with Crippen molar-refractivity contribution in [2.45, 2.75) is 26.7 Å². The van der Waals surface area contributed by atoms with Crippen LogP contribution in [0, 0.1) is 10.1 Å². The molecule has 0 spiro atoms. The molecule has 1 aromatic carbocycles. The lowest BCUT2D eigenvalue weighted by Crippen LogP contribution is -1.96. The highest BCUT2D eigenvalue weighted by Crippen LogP contribution is 2.11. The predicted octanol–water partition coefficient (Wildman–Crippen LogP) is 3.28. The molecule has 0 saturated carbocycles. The van der Waals surface area contributed by atoms with Gasteiger partial charge < -0.3 is 0 Å². The van der Waals surface area contributed by atoms with Gasteiger partial charge >= 0.3 is 0 Å². The van der Waals surface area contributed by atoms with Gasteiger partial charge in [0.2, 0.25) is 5.70 Å². The van der Waals surface area contributed by atoms with E-state index in [4.69, 9.17) is 0 Å². The molecule has 1 aromatic rings. The molecular formula is C12H15NO2. The molecule has 0 fully saturated rings. The fourth-order valence-corrected chi connectivity index (χ4v) is 1.33. The smallest absolute Gasteiger partial charge is 0.246 e. The van der Waals surface area contributed by atoms with Gasteiger partial charge in [-0.3, -0.25) is 10.1 Å². The van der Waals surface area contributed by atoms with Gasteiger partial charge in [0.05, 0.1) is 4.92 Å². The highest BCUT2D eigenvalue weighted by atomic mass is 16.6. The van der Waals surface area contributed by atoms with Gasteiger partial charge in [-0.1, -0.05) is 38.1 Å². The molecule has 0 aliphatic heterocycles. The topological polar surface area (TPSA) is 43.1 Å². The number of allylic oxidation sites excluding steroid dienone is 1. The molecule has 80 valence electrons. The molecule has 0 N–H and O–H groups in total. The van der Waals surface area contributed by atoms with E-state index in [1.165, 1.54) is 5.56 Å². The number of nitrogens with zero attached hydrogens (tertiary/aromatic N) is 1. The van der Waals surface area contributed by atoms with Crippen LogP contribution in [-0.2, 0) is 6.42 Å². The first-order valence-corrected chi connectivity index (χ1v) is 5.11. The van der Waals surface area contributed by atoms with Crippen LogP contribution in [-0.4, -0.2) is 4.92 Å². The molecule has 15 heavy (non-hydrogen) atoms. The standard InChI is InChI=1S/C12H15NO2/c1-3-10-5-7-11(8-6-10)9-12(4-2)13(14)15/h5-9H,3-4H2,1-2H3/b12-9+. The van der Waals surface area contributed by atoms with Crippen LogP contribution in [0.15, 0.2) is 30.0 Å². The molecule has 1 rings (SSSR count). The van der Waals surface area contributed by atoms with Crippen molar-refractivity contribution in [2.24, 2.45) is 0 Å². The highest BCUT2D eigenvalue weighted by molar-refractivity contribution is 5.51. The third kappa shape index (κ3) is 3.20. The number of aryl methyl sites for hydroxylation is 1. The van der Waals surface area contributed by atoms with Gasteiger partial charge in [0, 0.05) is 12.5 Å². The minimum Gasteiger partial charge on any atom is -0.259 e. The second-order valence-corrected chi connectivity index (χ2v) is 3.34. The van der Waals surface area contributed by atoms with E-state index in [0.717, 1.165) is 12.0 Å². The molecule has 3 nitrogen and oxygen atoms in total. The Hall–Kier alpha value is -1.64. The lowest BCUT2D eigenvalue weighted by molar-refractivity contribution is -0.425. The highest BCUT2D eigenvalue weighted by Gasteiger charge is 2.06. The van der Waals surface area contributed by atoms with Crippen molar-refractivity contribution in [1.82, 2.24) is 0 Å². The van der Waals surface area contributed by atoms with Gasteiger partial charge in [0.1, 0.15) is 0 Å². The summed E-state index contributed by atoms with van der Waals surface area (Å²) in [6, 6.07) is 7.83. The van der Waals surface area contributed by atoms with Crippen molar-refractivity contribution < 1.29 is 4.92 Å². The molecule has 0 bridgehead atoms. The zero-order chi connectivity index (χ0) is 11.3. The molecule has 0 amide bonds. The Morgan fingerprint density at radius 2 is 1.93 bits per heavy atom. The SMILES string of the molecule is CC/C(=C\c1ccc(CC)cc1)[N+](=O)[O-]. The van der Waals surface area contributed by atoms with Crippen molar-refractivity contribution in [3.05, 3.63) is 51.2 Å². The Morgan fingerprint density at radius 1 is 1.33 bits per heavy atom. The van der Waals surface area contributed by atoms with Gasteiger partial charge in [0.25, 0.3) is 0 Å². The Balaban J connectivity index is 2.92. The van der Waals surface area contributed by atoms with Crippen molar-refractivity contribution in [3.8, 4) is 0 Å². The summed E-state index contributed by atoms with van der Waals surface area (Å²) in [6.07, 6.45) is 3.06. The Kier molecular flexibility index (Phi) is 4.03. The first kappa shape index (κ1) is 11.4. The molecule has 0 atom stereocenters. The molecule has 0 unspecified atom stereocenters. The first-order valence-electron chi connectivity index (χ1n) is 5.11. The van der Waals surface area contributed by atoms with Crippen LogP contribution in [0.3, 0.4) is 0 Å². The Bertz CT molecular complexity index is 366. The van der Waals surface area contributed by atoms with Crippen LogP contribution in [0.1, 0.15) is 31.4 Å². The van der Waals surface area contributed by atoms with Crippen LogP contribution in [0.5, 0.6) is 0 Å². The minimum atomic E-state index is -0.326. The predicted molar refractivity (Wildman–Crippen MR) is 61.1 cm³/mol. The summed E-state index contributed by atoms with van der Waals surface area (Å²) in [4.78, 5) is 10.3. The van der Waals surface area contributed by atoms with Gasteiger partial charge in [-0.2, -0.15) is 0 Å². The second-order valence-electron chi connectivity index (χ2n) is 3.34. The normalized spacial score (nSPS) is 11.5. The van der Waals surface area contributed by atoms with Crippen molar-refractivity contribution in [2.75, 3.05) is 0 Å². The van der Waals surface area contributed by atoms with E-state index < -0.39 is 0 Å². The fourth-order valence-electron chi connectivity index (χ4n) is 1.33. The lowest BCUT2D eigenvalue weighted by Gasteiger charge is -1.98. The average molecular weight is 205 g/mol. The quantitative estimate of drug-likeness (QED) is 0.559. The summed E-state index contributed by atoms with van der Waals surface area (Å²) in [7, 11) is 0. The summed E-state index contributed by atoms with van der Waals surface area (Å²) in [5, 5.41) is 10.6. The van der Waals surface area contributed by atoms with Gasteiger partial charge in [-0.05, 0) is 17.5 Å². The lowest BCUT2D eigenvalue weighted by atomic mass is 10.1. The van der Waals surface area contributed by atoms with Crippen molar-refractivity contribution >= 4 is 6.08 Å². The summed E-state index contributed by atoms with van der Waals surface area (Å²) < 4.78 is 0. The summed E-state index contributed by atoms with van der Waals surface area (Å²) in [6.45, 7) is 3.87. The Morgan fingerprint density at radius 3 is 2.33 bits per heavy atom. The van der Waals surface area contributed by atoms with Crippen molar-refractivity contribution in [3.63, 3.8) is 0 Å². The fraction of sp³-hybridized carbons (Fsp3) is 0.333. The van der Waals surface area contributed by atoms with Crippen LogP contribution >= 0.6 is 0 Å². The van der Waals surface area contributed by atoms with Crippen LogP contribution < -0.4 is 0 Å². The summed E-state index contributed by atoms with van der Waals surface area (Å²) in [5.74, 6) is 0. The third-order valence-corrected chi connectivity index (χ3v) is 2.32. The van der Waals surface area contributed by atoms with E-state index in [1.54, 1.807) is 13.0 Å². The summed E-state index contributed by atoms with van der Waals surface area (Å²) >= 11 is 0. The van der Waals surface area contributed by atoms with Crippen molar-refractivity contribution in [1.29, 1.82) is 0 Å². The van der Waals surface area contributed by atoms with E-state index >= 15 is 0 Å². The number of rotatable bonds is 4. The maximum absolute atomic E-state index is 10.6. The van der Waals surface area contributed by atoms with E-state index in [2.05, 4.69) is 6.92 Å². The zero-order valence-electron chi connectivity index (χ0n) is 9.06. The average Bonchev–Trinajstić information content (AvgIpc) is 2.26. The van der Waals surface area contributed by atoms with Crippen LogP contribution in [0.2, 0.25) is 0 Å². The van der Waals surface area contributed by atoms with E-state index in [9.17, 15) is 10.1 Å². The number of hydrogen-bond donors (Lipinski definition) is 0. The van der Waals surface area contributed by atoms with E-state index in [0.29, 0.717) is 6.42 Å². The molecule has 0 aliphatic rings. The monoisotopic (exact) mass is 205 g/mol. The van der Waals surface area contributed by atoms with Crippen LogP contribution in [0.4, 0.5) is 0 Å². The second kappa shape index (κ2) is 5.29. The third-order valence-electron chi connectivity index (χ3n) is 2.32. The van der Waals surface area contributed by atoms with Gasteiger partial charge in [0.15, 0.2) is 0 Å². The molecule has 0 aliphatic carbocycles. The first-order chi connectivity index (χ1) is 7.17. The number of hydrogen-bond acceptors (Lipinski definition) is 2. The number of nitro groups is 1. The van der Waals surface area contributed by atoms with Crippen LogP contribution in [0.25, 0.3) is 6.08 Å². The maximum Gasteiger partial charge on any atom is 0.246 e. The largest absolute Gasteiger partial charge is 0.259 e. The molecule has 0 radical (unpaired) electrons. The minimum absolute atomic E-state index is 0.249. The van der Waals surface area contributed by atoms with E-state index in [-0.39, 0.29) is 10.6 Å².